The second kappa shape index (κ2) is 6.98. The zero-order chi connectivity index (χ0) is 17.2. The molecule has 0 unspecified atom stereocenters. The summed E-state index contributed by atoms with van der Waals surface area (Å²) in [6.45, 7) is 6.21. The molecular weight excluding hydrogens is 332 g/mol. The van der Waals surface area contributed by atoms with Crippen molar-refractivity contribution in [2.45, 2.75) is 19.9 Å². The third-order valence-corrected chi connectivity index (χ3v) is 5.76. The van der Waals surface area contributed by atoms with E-state index in [2.05, 4.69) is 22.5 Å². The highest BCUT2D eigenvalue weighted by molar-refractivity contribution is 7.20. The zero-order valence-electron chi connectivity index (χ0n) is 14.4. The van der Waals surface area contributed by atoms with Crippen LogP contribution in [0, 0.1) is 6.92 Å². The van der Waals surface area contributed by atoms with Crippen molar-refractivity contribution in [3.8, 4) is 0 Å². The fourth-order valence-corrected chi connectivity index (χ4v) is 4.42. The lowest BCUT2D eigenvalue weighted by Crippen LogP contribution is -2.33. The van der Waals surface area contributed by atoms with Gasteiger partial charge in [-0.15, -0.1) is 11.3 Å². The Kier molecular flexibility index (Phi) is 4.55. The molecule has 0 aliphatic carbocycles. The number of carbonyl (C=O) groups is 1. The Morgan fingerprint density at radius 3 is 2.92 bits per heavy atom. The van der Waals surface area contributed by atoms with Crippen LogP contribution < -0.4 is 5.32 Å². The Labute approximate surface area is 151 Å². The van der Waals surface area contributed by atoms with Gasteiger partial charge in [0.05, 0.1) is 17.1 Å². The average molecular weight is 354 g/mol. The van der Waals surface area contributed by atoms with Crippen molar-refractivity contribution in [3.63, 3.8) is 0 Å². The van der Waals surface area contributed by atoms with Crippen molar-refractivity contribution >= 4 is 27.5 Å². The van der Waals surface area contributed by atoms with E-state index in [-0.39, 0.29) is 5.91 Å². The number of aryl methyl sites for hydroxylation is 1. The summed E-state index contributed by atoms with van der Waals surface area (Å²) in [5.41, 5.74) is 2.20. The maximum atomic E-state index is 12.9. The lowest BCUT2D eigenvalue weighted by atomic mass is 10.2. The fraction of sp³-hybridized carbons (Fsp3) is 0.368. The van der Waals surface area contributed by atoms with Crippen molar-refractivity contribution in [2.75, 3.05) is 26.2 Å². The van der Waals surface area contributed by atoms with E-state index < -0.39 is 0 Å². The summed E-state index contributed by atoms with van der Waals surface area (Å²) in [4.78, 5) is 16.7. The fourth-order valence-electron chi connectivity index (χ4n) is 3.29. The number of thiophene rings is 1. The normalized spacial score (nSPS) is 15.5. The average Bonchev–Trinajstić information content (AvgIpc) is 3.05. The Morgan fingerprint density at radius 2 is 2.08 bits per heavy atom. The molecule has 0 atom stereocenters. The van der Waals surface area contributed by atoms with Gasteiger partial charge < -0.3 is 10.2 Å². The van der Waals surface area contributed by atoms with E-state index in [1.54, 1.807) is 11.3 Å². The van der Waals surface area contributed by atoms with Crippen LogP contribution >= 0.6 is 11.3 Å². The molecule has 2 aromatic heterocycles. The highest BCUT2D eigenvalue weighted by atomic mass is 32.1. The Bertz CT molecular complexity index is 876. The van der Waals surface area contributed by atoms with Gasteiger partial charge in [-0.1, -0.05) is 30.3 Å². The van der Waals surface area contributed by atoms with Crippen molar-refractivity contribution in [2.24, 2.45) is 0 Å². The maximum absolute atomic E-state index is 12.9. The second-order valence-corrected chi connectivity index (χ2v) is 7.48. The highest BCUT2D eigenvalue weighted by Crippen LogP contribution is 2.29. The molecule has 0 saturated carbocycles. The minimum atomic E-state index is 0.149. The van der Waals surface area contributed by atoms with Gasteiger partial charge in [-0.3, -0.25) is 9.48 Å². The largest absolute Gasteiger partial charge is 0.337 e. The summed E-state index contributed by atoms with van der Waals surface area (Å²) in [6, 6.07) is 12.3. The van der Waals surface area contributed by atoms with E-state index in [0.717, 1.165) is 59.9 Å². The standard InChI is InChI=1S/C19H22N4OS/c1-14-16-12-17(18(24)22-10-5-8-20-9-11-22)25-19(16)23(21-14)13-15-6-3-2-4-7-15/h2-4,6-7,12,20H,5,8-11,13H2,1H3. The SMILES string of the molecule is Cc1nn(Cc2ccccc2)c2sc(C(=O)N3CCCNCC3)cc12. The number of benzene rings is 1. The van der Waals surface area contributed by atoms with Crippen LogP contribution in [0.2, 0.25) is 0 Å². The molecule has 1 N–H and O–H groups in total. The van der Waals surface area contributed by atoms with Crippen molar-refractivity contribution in [1.82, 2.24) is 20.0 Å². The molecule has 1 fully saturated rings. The van der Waals surface area contributed by atoms with Gasteiger partial charge in [0.25, 0.3) is 5.91 Å². The quantitative estimate of drug-likeness (QED) is 0.787. The molecule has 0 radical (unpaired) electrons. The monoisotopic (exact) mass is 354 g/mol. The van der Waals surface area contributed by atoms with Crippen molar-refractivity contribution < 1.29 is 4.79 Å². The van der Waals surface area contributed by atoms with Gasteiger partial charge in [-0.05, 0) is 31.5 Å². The van der Waals surface area contributed by atoms with Crippen molar-refractivity contribution in [1.29, 1.82) is 0 Å². The zero-order valence-corrected chi connectivity index (χ0v) is 15.2. The van der Waals surface area contributed by atoms with Crippen LogP contribution in [0.4, 0.5) is 0 Å². The van der Waals surface area contributed by atoms with Crippen LogP contribution in [0.15, 0.2) is 36.4 Å². The van der Waals surface area contributed by atoms with Gasteiger partial charge >= 0.3 is 0 Å². The second-order valence-electron chi connectivity index (χ2n) is 6.45. The third kappa shape index (κ3) is 3.32. The number of aromatic nitrogens is 2. The first kappa shape index (κ1) is 16.3. The maximum Gasteiger partial charge on any atom is 0.264 e. The Morgan fingerprint density at radius 1 is 1.24 bits per heavy atom. The van der Waals surface area contributed by atoms with Crippen LogP contribution in [0.25, 0.3) is 10.2 Å². The van der Waals surface area contributed by atoms with Crippen LogP contribution in [0.5, 0.6) is 0 Å². The molecule has 1 aromatic carbocycles. The molecule has 130 valence electrons. The van der Waals surface area contributed by atoms with Crippen LogP contribution in [-0.4, -0.2) is 46.8 Å². The van der Waals surface area contributed by atoms with Crippen LogP contribution in [0.3, 0.4) is 0 Å². The molecule has 1 saturated heterocycles. The van der Waals surface area contributed by atoms with Gasteiger partial charge in [0.15, 0.2) is 0 Å². The number of hydrogen-bond acceptors (Lipinski definition) is 4. The van der Waals surface area contributed by atoms with Gasteiger partial charge in [-0.2, -0.15) is 5.10 Å². The summed E-state index contributed by atoms with van der Waals surface area (Å²) in [6.07, 6.45) is 1.01. The molecule has 25 heavy (non-hydrogen) atoms. The molecule has 6 heteroatoms. The van der Waals surface area contributed by atoms with E-state index in [9.17, 15) is 4.79 Å². The predicted molar refractivity (Wildman–Crippen MR) is 101 cm³/mol. The van der Waals surface area contributed by atoms with E-state index in [4.69, 9.17) is 0 Å². The molecule has 3 aromatic rings. The van der Waals surface area contributed by atoms with E-state index in [1.807, 2.05) is 40.8 Å². The molecule has 0 bridgehead atoms. The molecule has 1 aliphatic heterocycles. The smallest absolute Gasteiger partial charge is 0.264 e. The third-order valence-electron chi connectivity index (χ3n) is 4.62. The first-order chi connectivity index (χ1) is 12.2. The Hall–Kier alpha value is -2.18. The molecule has 3 heterocycles. The number of hydrogen-bond donors (Lipinski definition) is 1. The number of nitrogens with one attached hydrogen (secondary N) is 1. The minimum Gasteiger partial charge on any atom is -0.337 e. The molecule has 4 rings (SSSR count). The lowest BCUT2D eigenvalue weighted by Gasteiger charge is -2.18. The van der Waals surface area contributed by atoms with Gasteiger partial charge in [-0.25, -0.2) is 0 Å². The molecule has 1 aliphatic rings. The van der Waals surface area contributed by atoms with Gasteiger partial charge in [0.2, 0.25) is 0 Å². The first-order valence-electron chi connectivity index (χ1n) is 8.73. The van der Waals surface area contributed by atoms with Crippen molar-refractivity contribution in [3.05, 3.63) is 52.5 Å². The summed E-state index contributed by atoms with van der Waals surface area (Å²) >= 11 is 1.56. The van der Waals surface area contributed by atoms with Gasteiger partial charge in [0.1, 0.15) is 4.83 Å². The lowest BCUT2D eigenvalue weighted by molar-refractivity contribution is 0.0771. The summed E-state index contributed by atoms with van der Waals surface area (Å²) < 4.78 is 2.02. The minimum absolute atomic E-state index is 0.149. The molecule has 1 amide bonds. The molecular formula is C19H22N4OS. The predicted octanol–water partition coefficient (Wildman–Crippen LogP) is 2.89. The summed E-state index contributed by atoms with van der Waals surface area (Å²) in [7, 11) is 0. The van der Waals surface area contributed by atoms with E-state index >= 15 is 0 Å². The summed E-state index contributed by atoms with van der Waals surface area (Å²) in [5, 5.41) is 9.11. The van der Waals surface area contributed by atoms with E-state index in [1.165, 1.54) is 5.56 Å². The number of nitrogens with zero attached hydrogens (tertiary/aromatic N) is 3. The number of carbonyl (C=O) groups excluding carboxylic acids is 1. The first-order valence-corrected chi connectivity index (χ1v) is 9.55. The van der Waals surface area contributed by atoms with Crippen LogP contribution in [0.1, 0.15) is 27.3 Å². The topological polar surface area (TPSA) is 50.2 Å². The number of rotatable bonds is 3. The highest BCUT2D eigenvalue weighted by Gasteiger charge is 2.21. The number of amides is 1. The van der Waals surface area contributed by atoms with Gasteiger partial charge in [0, 0.05) is 25.0 Å². The Balaban J connectivity index is 1.63. The van der Waals surface area contributed by atoms with Crippen LogP contribution in [-0.2, 0) is 6.54 Å². The summed E-state index contributed by atoms with van der Waals surface area (Å²) in [5.74, 6) is 0.149. The molecule has 0 spiro atoms. The number of fused-ring (bicyclic) bond motifs is 1. The van der Waals surface area contributed by atoms with E-state index in [0.29, 0.717) is 0 Å². The molecule has 5 nitrogen and oxygen atoms in total.